The van der Waals surface area contributed by atoms with E-state index >= 15 is 0 Å². The van der Waals surface area contributed by atoms with Crippen LogP contribution in [-0.4, -0.2) is 39.8 Å². The lowest BCUT2D eigenvalue weighted by Crippen LogP contribution is -2.51. The molecule has 1 aromatic heterocycles. The minimum absolute atomic E-state index is 0.0773. The van der Waals surface area contributed by atoms with Crippen molar-refractivity contribution >= 4 is 11.8 Å². The second-order valence-corrected chi connectivity index (χ2v) is 7.40. The van der Waals surface area contributed by atoms with Gasteiger partial charge in [0, 0.05) is 36.8 Å². The van der Waals surface area contributed by atoms with Crippen molar-refractivity contribution in [2.24, 2.45) is 0 Å². The largest absolute Gasteiger partial charge is 0.349 e. The highest BCUT2D eigenvalue weighted by Crippen LogP contribution is 2.35. The molecule has 2 bridgehead atoms. The molecular weight excluding hydrogens is 345 g/mol. The predicted molar refractivity (Wildman–Crippen MR) is 99.4 cm³/mol. The number of aromatic nitrogens is 1. The third-order valence-corrected chi connectivity index (χ3v) is 5.58. The molecule has 5 nitrogen and oxygen atoms in total. The van der Waals surface area contributed by atoms with Crippen LogP contribution < -0.4 is 5.32 Å². The van der Waals surface area contributed by atoms with Gasteiger partial charge in [0.05, 0.1) is 11.3 Å². The van der Waals surface area contributed by atoms with Crippen LogP contribution in [0.2, 0.25) is 0 Å². The maximum atomic E-state index is 13.4. The van der Waals surface area contributed by atoms with Crippen molar-refractivity contribution in [3.63, 3.8) is 0 Å². The highest BCUT2D eigenvalue weighted by Gasteiger charge is 2.42. The first kappa shape index (κ1) is 17.6. The summed E-state index contributed by atoms with van der Waals surface area (Å²) >= 11 is 0. The summed E-state index contributed by atoms with van der Waals surface area (Å²) in [6, 6.07) is 10.2. The van der Waals surface area contributed by atoms with Gasteiger partial charge in [-0.15, -0.1) is 0 Å². The number of carbonyl (C=O) groups is 2. The molecule has 140 valence electrons. The number of halogens is 1. The van der Waals surface area contributed by atoms with Crippen LogP contribution in [0.5, 0.6) is 0 Å². The Labute approximate surface area is 157 Å². The lowest BCUT2D eigenvalue weighted by Gasteiger charge is -2.38. The highest BCUT2D eigenvalue weighted by atomic mass is 19.1. The molecule has 0 spiro atoms. The molecule has 1 aromatic carbocycles. The molecule has 3 heterocycles. The number of hydrogen-bond donors (Lipinski definition) is 1. The first-order valence-corrected chi connectivity index (χ1v) is 9.33. The van der Waals surface area contributed by atoms with E-state index < -0.39 is 0 Å². The molecule has 3 atom stereocenters. The van der Waals surface area contributed by atoms with Gasteiger partial charge in [0.15, 0.2) is 0 Å². The predicted octanol–water partition coefficient (Wildman–Crippen LogP) is 3.16. The summed E-state index contributed by atoms with van der Waals surface area (Å²) in [4.78, 5) is 30.6. The minimum Gasteiger partial charge on any atom is -0.349 e. The van der Waals surface area contributed by atoms with Crippen LogP contribution in [0, 0.1) is 5.82 Å². The van der Waals surface area contributed by atoms with Crippen molar-refractivity contribution in [1.29, 1.82) is 0 Å². The van der Waals surface area contributed by atoms with Gasteiger partial charge in [0.25, 0.3) is 5.91 Å². The summed E-state index contributed by atoms with van der Waals surface area (Å²) in [5, 5.41) is 3.09. The number of piperidine rings is 1. The monoisotopic (exact) mass is 367 g/mol. The van der Waals surface area contributed by atoms with Crippen LogP contribution in [0.25, 0.3) is 11.3 Å². The molecule has 2 aromatic rings. The number of nitrogens with one attached hydrogen (secondary N) is 1. The zero-order valence-corrected chi connectivity index (χ0v) is 15.2. The van der Waals surface area contributed by atoms with Crippen molar-refractivity contribution in [3.8, 4) is 11.3 Å². The van der Waals surface area contributed by atoms with Crippen LogP contribution in [-0.2, 0) is 4.79 Å². The third kappa shape index (κ3) is 3.56. The molecule has 4 rings (SSSR count). The van der Waals surface area contributed by atoms with Gasteiger partial charge in [-0.2, -0.15) is 0 Å². The molecule has 2 amide bonds. The lowest BCUT2D eigenvalue weighted by atomic mass is 9.97. The van der Waals surface area contributed by atoms with E-state index in [4.69, 9.17) is 0 Å². The van der Waals surface area contributed by atoms with Gasteiger partial charge in [0.1, 0.15) is 5.82 Å². The van der Waals surface area contributed by atoms with Crippen molar-refractivity contribution in [1.82, 2.24) is 15.2 Å². The maximum Gasteiger partial charge on any atom is 0.253 e. The van der Waals surface area contributed by atoms with E-state index in [1.807, 2.05) is 4.90 Å². The molecule has 1 N–H and O–H groups in total. The van der Waals surface area contributed by atoms with Gasteiger partial charge in [-0.05, 0) is 49.9 Å². The molecule has 2 unspecified atom stereocenters. The number of amides is 2. The van der Waals surface area contributed by atoms with E-state index in [0.29, 0.717) is 16.8 Å². The molecule has 0 saturated carbocycles. The SMILES string of the molecule is CC(=O)N1C2CC[C@H]1CC(NC(=O)c1ccc(-c3cccc(F)c3)nc1)C2. The molecule has 2 aliphatic heterocycles. The summed E-state index contributed by atoms with van der Waals surface area (Å²) in [6.07, 6.45) is 5.16. The number of rotatable bonds is 3. The van der Waals surface area contributed by atoms with E-state index in [0.717, 1.165) is 25.7 Å². The summed E-state index contributed by atoms with van der Waals surface area (Å²) in [7, 11) is 0. The number of pyridine rings is 1. The van der Waals surface area contributed by atoms with Crippen LogP contribution in [0.1, 0.15) is 43.0 Å². The van der Waals surface area contributed by atoms with Crippen LogP contribution in [0.4, 0.5) is 4.39 Å². The summed E-state index contributed by atoms with van der Waals surface area (Å²) in [6.45, 7) is 1.62. The van der Waals surface area contributed by atoms with E-state index in [2.05, 4.69) is 10.3 Å². The summed E-state index contributed by atoms with van der Waals surface area (Å²) < 4.78 is 13.4. The maximum absolute atomic E-state index is 13.4. The van der Waals surface area contributed by atoms with E-state index in [1.165, 1.54) is 18.3 Å². The second kappa shape index (κ2) is 7.10. The molecule has 2 aliphatic rings. The van der Waals surface area contributed by atoms with E-state index in [9.17, 15) is 14.0 Å². The van der Waals surface area contributed by atoms with E-state index in [-0.39, 0.29) is 35.8 Å². The van der Waals surface area contributed by atoms with Gasteiger partial charge in [0.2, 0.25) is 5.91 Å². The van der Waals surface area contributed by atoms with Crippen molar-refractivity contribution < 1.29 is 14.0 Å². The second-order valence-electron chi connectivity index (χ2n) is 7.40. The average Bonchev–Trinajstić information content (AvgIpc) is 2.93. The van der Waals surface area contributed by atoms with Gasteiger partial charge < -0.3 is 10.2 Å². The zero-order valence-electron chi connectivity index (χ0n) is 15.2. The smallest absolute Gasteiger partial charge is 0.253 e. The number of benzene rings is 1. The standard InChI is InChI=1S/C21H22FN3O2/c1-13(26)25-18-6-7-19(25)11-17(10-18)24-21(27)15-5-8-20(23-12-15)14-3-2-4-16(22)9-14/h2-5,8-9,12,17-19H,6-7,10-11H2,1H3,(H,24,27)/t17?,18-,19?/m0/s1. The highest BCUT2D eigenvalue weighted by molar-refractivity contribution is 5.94. The number of fused-ring (bicyclic) bond motifs is 2. The first-order chi connectivity index (χ1) is 13.0. The molecule has 0 radical (unpaired) electrons. The van der Waals surface area contributed by atoms with Gasteiger partial charge in [-0.25, -0.2) is 4.39 Å². The Morgan fingerprint density at radius 2 is 1.89 bits per heavy atom. The van der Waals surface area contributed by atoms with Crippen LogP contribution in [0.3, 0.4) is 0 Å². The average molecular weight is 367 g/mol. The molecule has 2 fully saturated rings. The van der Waals surface area contributed by atoms with Crippen molar-refractivity contribution in [3.05, 3.63) is 54.0 Å². The number of hydrogen-bond acceptors (Lipinski definition) is 3. The third-order valence-electron chi connectivity index (χ3n) is 5.58. The summed E-state index contributed by atoms with van der Waals surface area (Å²) in [5.74, 6) is -0.346. The molecule has 2 saturated heterocycles. The molecule has 0 aliphatic carbocycles. The van der Waals surface area contributed by atoms with Crippen LogP contribution in [0.15, 0.2) is 42.6 Å². The van der Waals surface area contributed by atoms with E-state index in [1.54, 1.807) is 31.2 Å². The Hall–Kier alpha value is -2.76. The fraction of sp³-hybridized carbons (Fsp3) is 0.381. The Morgan fingerprint density at radius 1 is 1.15 bits per heavy atom. The topological polar surface area (TPSA) is 62.3 Å². The quantitative estimate of drug-likeness (QED) is 0.906. The van der Waals surface area contributed by atoms with Crippen LogP contribution >= 0.6 is 0 Å². The minimum atomic E-state index is -0.317. The molecule has 27 heavy (non-hydrogen) atoms. The fourth-order valence-corrected chi connectivity index (χ4v) is 4.42. The Bertz CT molecular complexity index is 854. The van der Waals surface area contributed by atoms with Gasteiger partial charge in [-0.1, -0.05) is 12.1 Å². The molecule has 6 heteroatoms. The Morgan fingerprint density at radius 3 is 2.48 bits per heavy atom. The van der Waals surface area contributed by atoms with Gasteiger partial charge in [-0.3, -0.25) is 14.6 Å². The lowest BCUT2D eigenvalue weighted by molar-refractivity contribution is -0.133. The first-order valence-electron chi connectivity index (χ1n) is 9.33. The Kier molecular flexibility index (Phi) is 4.64. The Balaban J connectivity index is 1.41. The fourth-order valence-electron chi connectivity index (χ4n) is 4.42. The number of carbonyl (C=O) groups excluding carboxylic acids is 2. The number of nitrogens with zero attached hydrogens (tertiary/aromatic N) is 2. The summed E-state index contributed by atoms with van der Waals surface area (Å²) in [5.41, 5.74) is 1.78. The van der Waals surface area contributed by atoms with Crippen molar-refractivity contribution in [2.75, 3.05) is 0 Å². The molecular formula is C21H22FN3O2. The normalized spacial score (nSPS) is 23.9. The van der Waals surface area contributed by atoms with Crippen molar-refractivity contribution in [2.45, 2.75) is 50.7 Å². The van der Waals surface area contributed by atoms with Gasteiger partial charge >= 0.3 is 0 Å². The zero-order chi connectivity index (χ0) is 19.0.